The second kappa shape index (κ2) is 2.64. The summed E-state index contributed by atoms with van der Waals surface area (Å²) < 4.78 is 10.1. The molecular weight excluding hydrogens is 120 g/mol. The molecule has 0 radical (unpaired) electrons. The molecule has 3 heteroatoms. The normalized spacial score (nSPS) is 45.0. The van der Waals surface area contributed by atoms with Gasteiger partial charge in [0.1, 0.15) is 0 Å². The highest BCUT2D eigenvalue weighted by molar-refractivity contribution is 4.58. The van der Waals surface area contributed by atoms with Crippen molar-refractivity contribution in [2.75, 3.05) is 0 Å². The van der Waals surface area contributed by atoms with Gasteiger partial charge in [0.25, 0.3) is 0 Å². The molecule has 1 saturated heterocycles. The minimum Gasteiger partial charge on any atom is -0.368 e. The summed E-state index contributed by atoms with van der Waals surface area (Å²) in [5.41, 5.74) is 0. The fourth-order valence-corrected chi connectivity index (χ4v) is 0.975. The van der Waals surface area contributed by atoms with E-state index in [-0.39, 0.29) is 12.4 Å². The molecule has 0 aliphatic carbocycles. The van der Waals surface area contributed by atoms with Gasteiger partial charge >= 0.3 is 0 Å². The first-order valence-electron chi connectivity index (χ1n) is 3.17. The molecule has 54 valence electrons. The summed E-state index contributed by atoms with van der Waals surface area (Å²) in [7, 11) is 0. The summed E-state index contributed by atoms with van der Waals surface area (Å²) in [6, 6.07) is 0. The molecule has 0 aromatic rings. The van der Waals surface area contributed by atoms with Crippen molar-refractivity contribution in [1.29, 1.82) is 0 Å². The van der Waals surface area contributed by atoms with Gasteiger partial charge in [0.05, 0.1) is 6.10 Å². The quantitative estimate of drug-likeness (QED) is 0.521. The van der Waals surface area contributed by atoms with E-state index in [0.717, 1.165) is 0 Å². The number of hydrogen-bond donors (Lipinski definition) is 1. The lowest BCUT2D eigenvalue weighted by Crippen LogP contribution is -2.34. The molecule has 9 heavy (non-hydrogen) atoms. The summed E-state index contributed by atoms with van der Waals surface area (Å²) >= 11 is 0. The van der Waals surface area contributed by atoms with Crippen LogP contribution in [0.3, 0.4) is 0 Å². The third-order valence-electron chi connectivity index (χ3n) is 1.31. The van der Waals surface area contributed by atoms with Gasteiger partial charge in [-0.25, -0.2) is 0 Å². The lowest BCUT2D eigenvalue weighted by Gasteiger charge is -2.29. The molecule has 0 aromatic carbocycles. The summed E-state index contributed by atoms with van der Waals surface area (Å²) in [6.45, 7) is 3.70. The fourth-order valence-electron chi connectivity index (χ4n) is 0.975. The van der Waals surface area contributed by atoms with Crippen molar-refractivity contribution < 1.29 is 14.6 Å². The highest BCUT2D eigenvalue weighted by Crippen LogP contribution is 2.15. The average molecular weight is 132 g/mol. The molecule has 1 rings (SSSR count). The molecule has 0 unspecified atom stereocenters. The Balaban J connectivity index is 2.34. The van der Waals surface area contributed by atoms with Crippen molar-refractivity contribution in [3.63, 3.8) is 0 Å². The molecule has 1 fully saturated rings. The van der Waals surface area contributed by atoms with Gasteiger partial charge < -0.3 is 14.6 Å². The van der Waals surface area contributed by atoms with E-state index in [1.807, 2.05) is 6.92 Å². The number of aliphatic hydroxyl groups excluding tert-OH is 1. The first-order chi connectivity index (χ1) is 4.18. The monoisotopic (exact) mass is 132 g/mol. The molecule has 1 heterocycles. The number of hydrogen-bond acceptors (Lipinski definition) is 3. The van der Waals surface area contributed by atoms with Gasteiger partial charge in [-0.1, -0.05) is 0 Å². The van der Waals surface area contributed by atoms with E-state index in [1.165, 1.54) is 0 Å². The van der Waals surface area contributed by atoms with Crippen molar-refractivity contribution >= 4 is 0 Å². The van der Waals surface area contributed by atoms with Crippen LogP contribution in [0.15, 0.2) is 0 Å². The molecule has 0 spiro atoms. The van der Waals surface area contributed by atoms with E-state index >= 15 is 0 Å². The van der Waals surface area contributed by atoms with Crippen LogP contribution in [0.2, 0.25) is 0 Å². The second-order valence-corrected chi connectivity index (χ2v) is 2.34. The largest absolute Gasteiger partial charge is 0.368 e. The number of rotatable bonds is 0. The molecule has 0 saturated carbocycles. The molecule has 1 aliphatic rings. The van der Waals surface area contributed by atoms with Crippen LogP contribution >= 0.6 is 0 Å². The van der Waals surface area contributed by atoms with Crippen LogP contribution in [-0.4, -0.2) is 23.8 Å². The van der Waals surface area contributed by atoms with Crippen molar-refractivity contribution in [1.82, 2.24) is 0 Å². The SMILES string of the molecule is C[C@H]1O[C@H](C)C[C@H](O)O1. The van der Waals surface area contributed by atoms with Gasteiger partial charge in [-0.2, -0.15) is 0 Å². The molecule has 0 bridgehead atoms. The molecule has 3 nitrogen and oxygen atoms in total. The zero-order valence-corrected chi connectivity index (χ0v) is 5.70. The van der Waals surface area contributed by atoms with Gasteiger partial charge in [0.2, 0.25) is 0 Å². The molecule has 1 N–H and O–H groups in total. The third-order valence-corrected chi connectivity index (χ3v) is 1.31. The minimum absolute atomic E-state index is 0.115. The third kappa shape index (κ3) is 1.93. The lowest BCUT2D eigenvalue weighted by molar-refractivity contribution is -0.283. The maximum absolute atomic E-state index is 8.95. The van der Waals surface area contributed by atoms with E-state index in [0.29, 0.717) is 6.42 Å². The Morgan fingerprint density at radius 3 is 2.44 bits per heavy atom. The number of ether oxygens (including phenoxy) is 2. The van der Waals surface area contributed by atoms with Crippen LogP contribution in [0, 0.1) is 0 Å². The molecule has 0 amide bonds. The summed E-state index contributed by atoms with van der Waals surface area (Å²) in [5.74, 6) is 0. The van der Waals surface area contributed by atoms with Crippen molar-refractivity contribution in [3.05, 3.63) is 0 Å². The molecular formula is C6H12O3. The van der Waals surface area contributed by atoms with Gasteiger partial charge in [-0.05, 0) is 13.8 Å². The van der Waals surface area contributed by atoms with Crippen LogP contribution in [0.5, 0.6) is 0 Å². The molecule has 3 atom stereocenters. The Kier molecular flexibility index (Phi) is 2.05. The van der Waals surface area contributed by atoms with Crippen LogP contribution in [-0.2, 0) is 9.47 Å². The van der Waals surface area contributed by atoms with Crippen molar-refractivity contribution in [2.45, 2.75) is 39.0 Å². The Morgan fingerprint density at radius 2 is 2.00 bits per heavy atom. The Bertz CT molecular complexity index is 69.3. The topological polar surface area (TPSA) is 38.7 Å². The van der Waals surface area contributed by atoms with E-state index in [1.54, 1.807) is 6.92 Å². The van der Waals surface area contributed by atoms with E-state index in [9.17, 15) is 0 Å². The maximum Gasteiger partial charge on any atom is 0.160 e. The Morgan fingerprint density at radius 1 is 1.33 bits per heavy atom. The van der Waals surface area contributed by atoms with Crippen molar-refractivity contribution in [3.8, 4) is 0 Å². The van der Waals surface area contributed by atoms with Gasteiger partial charge in [-0.3, -0.25) is 0 Å². The standard InChI is InChI=1S/C6H12O3/c1-4-3-6(7)9-5(2)8-4/h4-7H,3H2,1-2H3/t4-,5+,6-/m1/s1. The zero-order chi connectivity index (χ0) is 6.85. The smallest absolute Gasteiger partial charge is 0.160 e. The van der Waals surface area contributed by atoms with Gasteiger partial charge in [0.15, 0.2) is 12.6 Å². The van der Waals surface area contributed by atoms with E-state index in [4.69, 9.17) is 14.6 Å². The summed E-state index contributed by atoms with van der Waals surface area (Å²) in [5, 5.41) is 8.95. The highest BCUT2D eigenvalue weighted by Gasteiger charge is 2.22. The van der Waals surface area contributed by atoms with Crippen LogP contribution in [0.25, 0.3) is 0 Å². The first kappa shape index (κ1) is 6.99. The van der Waals surface area contributed by atoms with Gasteiger partial charge in [-0.15, -0.1) is 0 Å². The maximum atomic E-state index is 8.95. The predicted molar refractivity (Wildman–Crippen MR) is 31.7 cm³/mol. The molecule has 1 aliphatic heterocycles. The second-order valence-electron chi connectivity index (χ2n) is 2.34. The Labute approximate surface area is 54.6 Å². The summed E-state index contributed by atoms with van der Waals surface area (Å²) in [4.78, 5) is 0. The molecule has 0 aromatic heterocycles. The zero-order valence-electron chi connectivity index (χ0n) is 5.70. The first-order valence-corrected chi connectivity index (χ1v) is 3.17. The van der Waals surface area contributed by atoms with Crippen molar-refractivity contribution in [2.24, 2.45) is 0 Å². The minimum atomic E-state index is -0.635. The van der Waals surface area contributed by atoms with Crippen LogP contribution in [0.4, 0.5) is 0 Å². The van der Waals surface area contributed by atoms with E-state index < -0.39 is 6.29 Å². The average Bonchev–Trinajstić information content (AvgIpc) is 1.59. The highest BCUT2D eigenvalue weighted by atomic mass is 16.7. The van der Waals surface area contributed by atoms with E-state index in [2.05, 4.69) is 0 Å². The number of aliphatic hydroxyl groups is 1. The van der Waals surface area contributed by atoms with Crippen LogP contribution in [0.1, 0.15) is 20.3 Å². The van der Waals surface area contributed by atoms with Crippen LogP contribution < -0.4 is 0 Å². The fraction of sp³-hybridized carbons (Fsp3) is 1.00. The predicted octanol–water partition coefficient (Wildman–Crippen LogP) is 0.476. The Hall–Kier alpha value is -0.120. The lowest BCUT2D eigenvalue weighted by atomic mass is 10.2. The summed E-state index contributed by atoms with van der Waals surface area (Å²) in [6.07, 6.45) is -0.208. The van der Waals surface area contributed by atoms with Gasteiger partial charge in [0, 0.05) is 6.42 Å².